The minimum Gasteiger partial charge on any atom is -0.497 e. The molecule has 0 aromatic heterocycles. The number of rotatable bonds is 5. The molecule has 1 atom stereocenters. The highest BCUT2D eigenvalue weighted by atomic mass is 32.2. The van der Waals surface area contributed by atoms with Crippen LogP contribution in [0.15, 0.2) is 47.4 Å². The first-order valence-corrected chi connectivity index (χ1v) is 10.7. The quantitative estimate of drug-likeness (QED) is 0.776. The van der Waals surface area contributed by atoms with Gasteiger partial charge < -0.3 is 9.47 Å². The number of benzene rings is 2. The molecule has 1 saturated heterocycles. The maximum Gasteiger partial charge on any atom is 0.246 e. The summed E-state index contributed by atoms with van der Waals surface area (Å²) in [6.07, 6.45) is 2.84. The maximum atomic E-state index is 13.4. The van der Waals surface area contributed by atoms with Gasteiger partial charge in [0.2, 0.25) is 10.0 Å². The van der Waals surface area contributed by atoms with Crippen molar-refractivity contribution in [3.8, 4) is 11.5 Å². The molecule has 0 spiro atoms. The second-order valence-corrected chi connectivity index (χ2v) is 8.89. The number of hydrogen-bond acceptors (Lipinski definition) is 4. The van der Waals surface area contributed by atoms with Crippen LogP contribution in [0.2, 0.25) is 0 Å². The van der Waals surface area contributed by atoms with Crippen LogP contribution in [0, 0.1) is 6.92 Å². The molecule has 2 aromatic rings. The van der Waals surface area contributed by atoms with Crippen LogP contribution >= 0.6 is 0 Å². The van der Waals surface area contributed by atoms with Gasteiger partial charge in [-0.1, -0.05) is 24.6 Å². The molecule has 0 amide bonds. The minimum absolute atomic E-state index is 0.170. The van der Waals surface area contributed by atoms with Crippen LogP contribution in [0.5, 0.6) is 11.5 Å². The molecule has 0 saturated carbocycles. The largest absolute Gasteiger partial charge is 0.497 e. The zero-order valence-corrected chi connectivity index (χ0v) is 17.0. The average Bonchev–Trinajstić information content (AvgIpc) is 2.95. The SMILES string of the molecule is COc1ccc(C2CCCCN(S(=O)(=O)c3cc(C)ccc3OC)C2)cc1. The Hall–Kier alpha value is -2.05. The Morgan fingerprint density at radius 2 is 1.74 bits per heavy atom. The van der Waals surface area contributed by atoms with Crippen LogP contribution in [0.4, 0.5) is 0 Å². The van der Waals surface area contributed by atoms with Gasteiger partial charge in [0, 0.05) is 13.1 Å². The summed E-state index contributed by atoms with van der Waals surface area (Å²) in [4.78, 5) is 0.250. The average molecular weight is 390 g/mol. The van der Waals surface area contributed by atoms with E-state index in [1.165, 1.54) is 7.11 Å². The van der Waals surface area contributed by atoms with E-state index in [9.17, 15) is 8.42 Å². The van der Waals surface area contributed by atoms with E-state index < -0.39 is 10.0 Å². The van der Waals surface area contributed by atoms with Gasteiger partial charge >= 0.3 is 0 Å². The third kappa shape index (κ3) is 4.28. The lowest BCUT2D eigenvalue weighted by molar-refractivity contribution is 0.385. The Balaban J connectivity index is 1.91. The van der Waals surface area contributed by atoms with Gasteiger partial charge in [0.05, 0.1) is 14.2 Å². The predicted octanol–water partition coefficient (Wildman–Crippen LogP) is 3.97. The summed E-state index contributed by atoms with van der Waals surface area (Å²) < 4.78 is 38.9. The Bertz CT molecular complexity index is 878. The molecule has 27 heavy (non-hydrogen) atoms. The molecule has 0 bridgehead atoms. The number of methoxy groups -OCH3 is 2. The van der Waals surface area contributed by atoms with Gasteiger partial charge in [-0.25, -0.2) is 8.42 Å². The highest BCUT2D eigenvalue weighted by Gasteiger charge is 2.31. The van der Waals surface area contributed by atoms with Gasteiger partial charge in [-0.05, 0) is 61.1 Å². The molecule has 2 aromatic carbocycles. The van der Waals surface area contributed by atoms with Crippen LogP contribution in [0.1, 0.15) is 36.3 Å². The third-order valence-electron chi connectivity index (χ3n) is 5.16. The van der Waals surface area contributed by atoms with Crippen molar-refractivity contribution in [3.05, 3.63) is 53.6 Å². The highest BCUT2D eigenvalue weighted by molar-refractivity contribution is 7.89. The standard InChI is InChI=1S/C21H27NO4S/c1-16-7-12-20(26-3)21(14-16)27(23,24)22-13-5-4-6-18(15-22)17-8-10-19(25-2)11-9-17/h7-12,14,18H,4-6,13,15H2,1-3H3. The summed E-state index contributed by atoms with van der Waals surface area (Å²) >= 11 is 0. The maximum absolute atomic E-state index is 13.4. The van der Waals surface area contributed by atoms with Gasteiger partial charge in [0.1, 0.15) is 16.4 Å². The van der Waals surface area contributed by atoms with E-state index in [-0.39, 0.29) is 10.8 Å². The first kappa shape index (κ1) is 19.7. The van der Waals surface area contributed by atoms with Crippen molar-refractivity contribution < 1.29 is 17.9 Å². The number of hydrogen-bond donors (Lipinski definition) is 0. The molecule has 3 rings (SSSR count). The second-order valence-electron chi connectivity index (χ2n) is 6.98. The molecular weight excluding hydrogens is 362 g/mol. The van der Waals surface area contributed by atoms with Crippen molar-refractivity contribution in [2.45, 2.75) is 37.0 Å². The summed E-state index contributed by atoms with van der Waals surface area (Å²) in [7, 11) is -0.471. The van der Waals surface area contributed by atoms with Gasteiger partial charge in [0.15, 0.2) is 0 Å². The molecule has 0 radical (unpaired) electrons. The van der Waals surface area contributed by atoms with E-state index in [1.54, 1.807) is 23.5 Å². The van der Waals surface area contributed by atoms with Crippen molar-refractivity contribution in [1.82, 2.24) is 4.31 Å². The van der Waals surface area contributed by atoms with E-state index in [0.29, 0.717) is 18.8 Å². The smallest absolute Gasteiger partial charge is 0.246 e. The Morgan fingerprint density at radius 1 is 1.00 bits per heavy atom. The van der Waals surface area contributed by atoms with E-state index >= 15 is 0 Å². The number of aryl methyl sites for hydroxylation is 1. The highest BCUT2D eigenvalue weighted by Crippen LogP contribution is 2.33. The van der Waals surface area contributed by atoms with E-state index in [0.717, 1.165) is 36.1 Å². The molecule has 1 fully saturated rings. The number of ether oxygens (including phenoxy) is 2. The van der Waals surface area contributed by atoms with Crippen LogP contribution < -0.4 is 9.47 Å². The number of sulfonamides is 1. The van der Waals surface area contributed by atoms with Crippen molar-refractivity contribution in [1.29, 1.82) is 0 Å². The lowest BCUT2D eigenvalue weighted by Gasteiger charge is -2.25. The Morgan fingerprint density at radius 3 is 2.41 bits per heavy atom. The first-order valence-electron chi connectivity index (χ1n) is 9.24. The van der Waals surface area contributed by atoms with Crippen LogP contribution in [-0.4, -0.2) is 40.0 Å². The normalized spacial score (nSPS) is 18.7. The summed E-state index contributed by atoms with van der Waals surface area (Å²) in [6, 6.07) is 13.2. The fourth-order valence-corrected chi connectivity index (χ4v) is 5.36. The first-order chi connectivity index (χ1) is 13.0. The van der Waals surface area contributed by atoms with Crippen molar-refractivity contribution >= 4 is 10.0 Å². The zero-order chi connectivity index (χ0) is 19.4. The lowest BCUT2D eigenvalue weighted by atomic mass is 9.94. The molecule has 1 aliphatic heterocycles. The van der Waals surface area contributed by atoms with E-state index in [4.69, 9.17) is 9.47 Å². The van der Waals surface area contributed by atoms with Crippen LogP contribution in [0.3, 0.4) is 0 Å². The molecule has 1 unspecified atom stereocenters. The topological polar surface area (TPSA) is 55.8 Å². The van der Waals surface area contributed by atoms with Gasteiger partial charge in [-0.15, -0.1) is 0 Å². The Kier molecular flexibility index (Phi) is 6.07. The summed E-state index contributed by atoms with van der Waals surface area (Å²) in [5.74, 6) is 1.37. The third-order valence-corrected chi connectivity index (χ3v) is 7.04. The molecule has 5 nitrogen and oxygen atoms in total. The van der Waals surface area contributed by atoms with Crippen LogP contribution in [-0.2, 0) is 10.0 Å². The van der Waals surface area contributed by atoms with E-state index in [1.807, 2.05) is 37.3 Å². The fourth-order valence-electron chi connectivity index (χ4n) is 3.60. The van der Waals surface area contributed by atoms with Crippen molar-refractivity contribution in [2.24, 2.45) is 0 Å². The summed E-state index contributed by atoms with van der Waals surface area (Å²) in [6.45, 7) is 2.90. The molecule has 146 valence electrons. The monoisotopic (exact) mass is 389 g/mol. The molecule has 0 aliphatic carbocycles. The Labute approximate surface area is 162 Å². The minimum atomic E-state index is -3.62. The second kappa shape index (κ2) is 8.31. The van der Waals surface area contributed by atoms with Crippen LogP contribution in [0.25, 0.3) is 0 Å². The zero-order valence-electron chi connectivity index (χ0n) is 16.1. The van der Waals surface area contributed by atoms with Gasteiger partial charge in [-0.3, -0.25) is 0 Å². The fraction of sp³-hybridized carbons (Fsp3) is 0.429. The molecular formula is C21H27NO4S. The molecule has 0 N–H and O–H groups in total. The summed E-state index contributed by atoms with van der Waals surface area (Å²) in [5, 5.41) is 0. The molecule has 1 heterocycles. The van der Waals surface area contributed by atoms with Crippen molar-refractivity contribution in [2.75, 3.05) is 27.3 Å². The van der Waals surface area contributed by atoms with Gasteiger partial charge in [-0.2, -0.15) is 4.31 Å². The van der Waals surface area contributed by atoms with E-state index in [2.05, 4.69) is 0 Å². The lowest BCUT2D eigenvalue weighted by Crippen LogP contribution is -2.34. The summed E-state index contributed by atoms with van der Waals surface area (Å²) in [5.41, 5.74) is 2.05. The molecule has 1 aliphatic rings. The predicted molar refractivity (Wildman–Crippen MR) is 106 cm³/mol. The number of nitrogens with zero attached hydrogens (tertiary/aromatic N) is 1. The molecule has 6 heteroatoms. The van der Waals surface area contributed by atoms with Gasteiger partial charge in [0.25, 0.3) is 0 Å². The van der Waals surface area contributed by atoms with Crippen molar-refractivity contribution in [3.63, 3.8) is 0 Å².